The molecule has 2 aliphatic rings. The molecule has 1 amide bonds. The molecule has 1 atom stereocenters. The Kier molecular flexibility index (Phi) is 7.95. The number of rotatable bonds is 8. The highest BCUT2D eigenvalue weighted by Gasteiger charge is 2.16. The van der Waals surface area contributed by atoms with E-state index in [1.165, 1.54) is 18.6 Å². The van der Waals surface area contributed by atoms with Crippen molar-refractivity contribution in [2.45, 2.75) is 43.9 Å². The Bertz CT molecular complexity index is 555. The number of pyridine rings is 1. The second-order valence-electron chi connectivity index (χ2n) is 7.17. The first kappa shape index (κ1) is 19.8. The third-order valence-electron chi connectivity index (χ3n) is 5.03. The summed E-state index contributed by atoms with van der Waals surface area (Å²) >= 11 is 0. The van der Waals surface area contributed by atoms with Gasteiger partial charge in [0.25, 0.3) is 0 Å². The van der Waals surface area contributed by atoms with E-state index in [1.807, 2.05) is 27.8 Å². The van der Waals surface area contributed by atoms with Gasteiger partial charge in [0.15, 0.2) is 0 Å². The maximum absolute atomic E-state index is 12.0. The van der Waals surface area contributed by atoms with Crippen LogP contribution in [0.3, 0.4) is 0 Å². The van der Waals surface area contributed by atoms with Crippen LogP contribution in [0.15, 0.2) is 18.3 Å². The predicted octanol–water partition coefficient (Wildman–Crippen LogP) is 3.16. The minimum atomic E-state index is 0.154. The van der Waals surface area contributed by atoms with Crippen molar-refractivity contribution in [3.8, 4) is 0 Å². The lowest BCUT2D eigenvalue weighted by Gasteiger charge is -2.33. The number of likely N-dealkylation sites (N-methyl/N-ethyl adjacent to an activating group) is 1. The SMILES string of the molecule is CN1CCN(c2ccc(CNC(=O)CCCCC3CCSS3)cn2)CC1. The van der Waals surface area contributed by atoms with E-state index in [1.54, 1.807) is 0 Å². The van der Waals surface area contributed by atoms with Crippen LogP contribution in [0.2, 0.25) is 0 Å². The fourth-order valence-electron chi connectivity index (χ4n) is 3.25. The van der Waals surface area contributed by atoms with Crippen LogP contribution in [0.25, 0.3) is 0 Å². The van der Waals surface area contributed by atoms with Gasteiger partial charge >= 0.3 is 0 Å². The van der Waals surface area contributed by atoms with Gasteiger partial charge in [0.2, 0.25) is 5.91 Å². The molecule has 2 fully saturated rings. The topological polar surface area (TPSA) is 48.5 Å². The van der Waals surface area contributed by atoms with Crippen LogP contribution < -0.4 is 10.2 Å². The van der Waals surface area contributed by atoms with Gasteiger partial charge in [-0.25, -0.2) is 4.98 Å². The summed E-state index contributed by atoms with van der Waals surface area (Å²) in [5.74, 6) is 2.48. The Morgan fingerprint density at radius 2 is 2.12 bits per heavy atom. The second-order valence-corrected chi connectivity index (χ2v) is 9.95. The third-order valence-corrected chi connectivity index (χ3v) is 8.04. The van der Waals surface area contributed by atoms with Gasteiger partial charge in [-0.3, -0.25) is 4.79 Å². The number of amides is 1. The summed E-state index contributed by atoms with van der Waals surface area (Å²) in [7, 11) is 6.17. The molecule has 0 radical (unpaired) electrons. The average molecular weight is 395 g/mol. The number of carbonyl (C=O) groups excluding carboxylic acids is 1. The summed E-state index contributed by atoms with van der Waals surface area (Å²) in [4.78, 5) is 21.2. The Labute approximate surface area is 165 Å². The van der Waals surface area contributed by atoms with E-state index in [4.69, 9.17) is 0 Å². The van der Waals surface area contributed by atoms with Crippen molar-refractivity contribution >= 4 is 33.3 Å². The molecule has 0 aliphatic carbocycles. The molecule has 1 aromatic heterocycles. The predicted molar refractivity (Wildman–Crippen MR) is 113 cm³/mol. The molecule has 2 aliphatic heterocycles. The Balaban J connectivity index is 1.31. The minimum Gasteiger partial charge on any atom is -0.354 e. The summed E-state index contributed by atoms with van der Waals surface area (Å²) in [5, 5.41) is 3.84. The molecular weight excluding hydrogens is 364 g/mol. The van der Waals surface area contributed by atoms with E-state index < -0.39 is 0 Å². The fourth-order valence-corrected chi connectivity index (χ4v) is 6.28. The first-order valence-electron chi connectivity index (χ1n) is 9.64. The Morgan fingerprint density at radius 1 is 1.27 bits per heavy atom. The smallest absolute Gasteiger partial charge is 0.220 e. The number of aromatic nitrogens is 1. The summed E-state index contributed by atoms with van der Waals surface area (Å²) in [5.41, 5.74) is 1.07. The molecule has 2 saturated heterocycles. The van der Waals surface area contributed by atoms with Crippen LogP contribution in [-0.4, -0.2) is 60.0 Å². The maximum atomic E-state index is 12.0. The fraction of sp³-hybridized carbons (Fsp3) is 0.684. The number of nitrogens with one attached hydrogen (secondary N) is 1. The van der Waals surface area contributed by atoms with Gasteiger partial charge in [-0.1, -0.05) is 34.1 Å². The van der Waals surface area contributed by atoms with E-state index in [0.717, 1.165) is 55.7 Å². The summed E-state index contributed by atoms with van der Waals surface area (Å²) in [6.07, 6.45) is 7.27. The minimum absolute atomic E-state index is 0.154. The third kappa shape index (κ3) is 6.35. The van der Waals surface area contributed by atoms with E-state index >= 15 is 0 Å². The van der Waals surface area contributed by atoms with Crippen molar-refractivity contribution in [3.05, 3.63) is 23.9 Å². The zero-order valence-corrected chi connectivity index (χ0v) is 17.3. The van der Waals surface area contributed by atoms with Crippen LogP contribution in [-0.2, 0) is 11.3 Å². The van der Waals surface area contributed by atoms with Crippen LogP contribution >= 0.6 is 21.6 Å². The van der Waals surface area contributed by atoms with Crippen molar-refractivity contribution in [2.24, 2.45) is 0 Å². The number of anilines is 1. The first-order chi connectivity index (χ1) is 12.7. The number of carbonyl (C=O) groups is 1. The van der Waals surface area contributed by atoms with E-state index in [2.05, 4.69) is 39.3 Å². The highest BCUT2D eigenvalue weighted by molar-refractivity contribution is 8.77. The van der Waals surface area contributed by atoms with Crippen molar-refractivity contribution in [2.75, 3.05) is 43.9 Å². The molecule has 0 bridgehead atoms. The van der Waals surface area contributed by atoms with Crippen molar-refractivity contribution in [3.63, 3.8) is 0 Å². The molecule has 7 heteroatoms. The van der Waals surface area contributed by atoms with Gasteiger partial charge < -0.3 is 15.1 Å². The van der Waals surface area contributed by atoms with Gasteiger partial charge in [-0.2, -0.15) is 0 Å². The first-order valence-corrected chi connectivity index (χ1v) is 12.0. The molecule has 5 nitrogen and oxygen atoms in total. The second kappa shape index (κ2) is 10.4. The molecule has 0 spiro atoms. The van der Waals surface area contributed by atoms with Crippen LogP contribution in [0.4, 0.5) is 5.82 Å². The molecule has 0 saturated carbocycles. The quantitative estimate of drug-likeness (QED) is 0.540. The molecule has 1 unspecified atom stereocenters. The zero-order chi connectivity index (χ0) is 18.2. The lowest BCUT2D eigenvalue weighted by atomic mass is 10.1. The number of nitrogens with zero attached hydrogens (tertiary/aromatic N) is 3. The van der Waals surface area contributed by atoms with Gasteiger partial charge in [-0.15, -0.1) is 0 Å². The molecule has 1 N–H and O–H groups in total. The zero-order valence-electron chi connectivity index (χ0n) is 15.7. The van der Waals surface area contributed by atoms with Gasteiger partial charge in [-0.05, 0) is 37.9 Å². The highest BCUT2D eigenvalue weighted by atomic mass is 33.1. The lowest BCUT2D eigenvalue weighted by Crippen LogP contribution is -2.44. The average Bonchev–Trinajstić information content (AvgIpc) is 3.18. The number of hydrogen-bond donors (Lipinski definition) is 1. The van der Waals surface area contributed by atoms with Crippen LogP contribution in [0.5, 0.6) is 0 Å². The molecule has 144 valence electrons. The van der Waals surface area contributed by atoms with Gasteiger partial charge in [0.05, 0.1) is 0 Å². The molecule has 1 aromatic rings. The largest absolute Gasteiger partial charge is 0.354 e. The van der Waals surface area contributed by atoms with Crippen molar-refractivity contribution in [1.29, 1.82) is 0 Å². The molecule has 26 heavy (non-hydrogen) atoms. The molecule has 3 rings (SSSR count). The van der Waals surface area contributed by atoms with Gasteiger partial charge in [0.1, 0.15) is 5.82 Å². The summed E-state index contributed by atoms with van der Waals surface area (Å²) in [6.45, 7) is 4.79. The summed E-state index contributed by atoms with van der Waals surface area (Å²) < 4.78 is 0. The van der Waals surface area contributed by atoms with E-state index in [9.17, 15) is 4.79 Å². The highest BCUT2D eigenvalue weighted by Crippen LogP contribution is 2.39. The molecule has 3 heterocycles. The van der Waals surface area contributed by atoms with Crippen LogP contribution in [0, 0.1) is 0 Å². The van der Waals surface area contributed by atoms with Gasteiger partial charge in [0, 0.05) is 56.3 Å². The lowest BCUT2D eigenvalue weighted by molar-refractivity contribution is -0.121. The number of piperazine rings is 1. The van der Waals surface area contributed by atoms with Crippen LogP contribution in [0.1, 0.15) is 37.7 Å². The standard InChI is InChI=1S/C19H30N4OS2/c1-22-9-11-23(12-10-22)18-7-6-16(14-20-18)15-21-19(24)5-3-2-4-17-8-13-25-26-17/h6-7,14,17H,2-5,8-13,15H2,1H3,(H,21,24). The molecule has 0 aromatic carbocycles. The van der Waals surface area contributed by atoms with Crippen molar-refractivity contribution < 1.29 is 4.79 Å². The normalized spacial score (nSPS) is 21.1. The number of unbranched alkanes of at least 4 members (excludes halogenated alkanes) is 1. The monoisotopic (exact) mass is 394 g/mol. The summed E-state index contributed by atoms with van der Waals surface area (Å²) in [6, 6.07) is 4.15. The molecular formula is C19H30N4OS2. The maximum Gasteiger partial charge on any atom is 0.220 e. The number of hydrogen-bond acceptors (Lipinski definition) is 6. The van der Waals surface area contributed by atoms with E-state index in [0.29, 0.717) is 13.0 Å². The van der Waals surface area contributed by atoms with Crippen molar-refractivity contribution in [1.82, 2.24) is 15.2 Å². The Hall–Kier alpha value is -0.920. The Morgan fingerprint density at radius 3 is 2.81 bits per heavy atom. The van der Waals surface area contributed by atoms with E-state index in [-0.39, 0.29) is 5.91 Å².